The van der Waals surface area contributed by atoms with Gasteiger partial charge in [0.25, 0.3) is 0 Å². The van der Waals surface area contributed by atoms with Crippen LogP contribution in [0.2, 0.25) is 0 Å². The molecule has 0 aliphatic carbocycles. The van der Waals surface area contributed by atoms with Crippen LogP contribution in [0.15, 0.2) is 18.2 Å². The predicted molar refractivity (Wildman–Crippen MR) is 66.7 cm³/mol. The first-order valence-corrected chi connectivity index (χ1v) is 5.75. The monoisotopic (exact) mass is 218 g/mol. The molecule has 1 heterocycles. The number of amides is 1. The van der Waals surface area contributed by atoms with E-state index in [9.17, 15) is 4.79 Å². The molecule has 1 aromatic rings. The molecule has 1 aromatic carbocycles. The van der Waals surface area contributed by atoms with Crippen LogP contribution in [0.1, 0.15) is 25.8 Å². The molecule has 0 aromatic heterocycles. The lowest BCUT2D eigenvalue weighted by Crippen LogP contribution is -2.39. The van der Waals surface area contributed by atoms with Crippen molar-refractivity contribution in [1.82, 2.24) is 0 Å². The molecule has 86 valence electrons. The lowest BCUT2D eigenvalue weighted by atomic mass is 9.99. The first-order chi connectivity index (χ1) is 7.58. The fourth-order valence-corrected chi connectivity index (χ4v) is 2.05. The van der Waals surface area contributed by atoms with Crippen LogP contribution in [-0.4, -0.2) is 11.9 Å². The van der Waals surface area contributed by atoms with Crippen LogP contribution < -0.4 is 10.6 Å². The Kier molecular flexibility index (Phi) is 2.86. The Morgan fingerprint density at radius 1 is 1.38 bits per heavy atom. The second-order valence-electron chi connectivity index (χ2n) is 4.81. The van der Waals surface area contributed by atoms with Crippen molar-refractivity contribution < 1.29 is 4.79 Å². The zero-order valence-electron chi connectivity index (χ0n) is 10.0. The lowest BCUT2D eigenvalue weighted by Gasteiger charge is -2.28. The first kappa shape index (κ1) is 11.0. The number of rotatable bonds is 2. The van der Waals surface area contributed by atoms with E-state index in [1.165, 1.54) is 0 Å². The average Bonchev–Trinajstić information content (AvgIpc) is 2.20. The summed E-state index contributed by atoms with van der Waals surface area (Å²) in [6.45, 7) is 6.25. The minimum absolute atomic E-state index is 0.0792. The van der Waals surface area contributed by atoms with Gasteiger partial charge in [-0.2, -0.15) is 0 Å². The Balaban J connectivity index is 2.25. The summed E-state index contributed by atoms with van der Waals surface area (Å²) in [5, 5.41) is 6.29. The summed E-state index contributed by atoms with van der Waals surface area (Å²) >= 11 is 0. The van der Waals surface area contributed by atoms with Crippen LogP contribution in [-0.2, 0) is 4.79 Å². The van der Waals surface area contributed by atoms with Crippen LogP contribution >= 0.6 is 0 Å². The van der Waals surface area contributed by atoms with E-state index < -0.39 is 0 Å². The highest BCUT2D eigenvalue weighted by atomic mass is 16.2. The molecule has 0 fully saturated rings. The zero-order chi connectivity index (χ0) is 11.7. The molecular weight excluding hydrogens is 200 g/mol. The maximum atomic E-state index is 11.9. The summed E-state index contributed by atoms with van der Waals surface area (Å²) in [6.07, 6.45) is 0.860. The third-order valence-electron chi connectivity index (χ3n) is 2.87. The van der Waals surface area contributed by atoms with E-state index >= 15 is 0 Å². The van der Waals surface area contributed by atoms with Gasteiger partial charge in [-0.05, 0) is 30.9 Å². The van der Waals surface area contributed by atoms with Crippen LogP contribution in [0.25, 0.3) is 0 Å². The van der Waals surface area contributed by atoms with E-state index in [0.29, 0.717) is 5.92 Å². The van der Waals surface area contributed by atoms with Crippen molar-refractivity contribution in [3.63, 3.8) is 0 Å². The van der Waals surface area contributed by atoms with E-state index in [1.807, 2.05) is 25.1 Å². The minimum Gasteiger partial charge on any atom is -0.372 e. The Hall–Kier alpha value is -1.51. The van der Waals surface area contributed by atoms with Crippen LogP contribution in [0.5, 0.6) is 0 Å². The summed E-state index contributed by atoms with van der Waals surface area (Å²) < 4.78 is 0. The highest BCUT2D eigenvalue weighted by Crippen LogP contribution is 2.30. The zero-order valence-corrected chi connectivity index (χ0v) is 10.0. The molecule has 0 bridgehead atoms. The molecule has 0 saturated heterocycles. The number of anilines is 2. The molecular formula is C13H18N2O. The standard InChI is InChI=1S/C13H18N2O/c1-8(2)7-11-13(16)15-12-9(3)5-4-6-10(12)14-11/h4-6,8,11,14H,7H2,1-3H3,(H,15,16). The number of nitrogens with one attached hydrogen (secondary N) is 2. The van der Waals surface area contributed by atoms with Gasteiger partial charge < -0.3 is 10.6 Å². The third kappa shape index (κ3) is 2.03. The molecule has 1 unspecified atom stereocenters. The van der Waals surface area contributed by atoms with Gasteiger partial charge in [-0.3, -0.25) is 4.79 Å². The summed E-state index contributed by atoms with van der Waals surface area (Å²) in [4.78, 5) is 11.9. The van der Waals surface area contributed by atoms with E-state index in [0.717, 1.165) is 23.4 Å². The van der Waals surface area contributed by atoms with Gasteiger partial charge >= 0.3 is 0 Å². The summed E-state index contributed by atoms with van der Waals surface area (Å²) in [7, 11) is 0. The van der Waals surface area contributed by atoms with Gasteiger partial charge in [0, 0.05) is 0 Å². The fraction of sp³-hybridized carbons (Fsp3) is 0.462. The molecule has 1 amide bonds. The Labute approximate surface area is 96.2 Å². The third-order valence-corrected chi connectivity index (χ3v) is 2.87. The average molecular weight is 218 g/mol. The van der Waals surface area contributed by atoms with Crippen molar-refractivity contribution in [3.05, 3.63) is 23.8 Å². The number of benzene rings is 1. The van der Waals surface area contributed by atoms with Crippen LogP contribution in [0, 0.1) is 12.8 Å². The molecule has 0 radical (unpaired) electrons. The number of hydrogen-bond acceptors (Lipinski definition) is 2. The maximum absolute atomic E-state index is 11.9. The van der Waals surface area contributed by atoms with Gasteiger partial charge in [0.1, 0.15) is 6.04 Å². The summed E-state index contributed by atoms with van der Waals surface area (Å²) in [5.41, 5.74) is 3.05. The van der Waals surface area contributed by atoms with E-state index in [2.05, 4.69) is 24.5 Å². The van der Waals surface area contributed by atoms with Crippen LogP contribution in [0.3, 0.4) is 0 Å². The smallest absolute Gasteiger partial charge is 0.246 e. The molecule has 1 aliphatic heterocycles. The normalized spacial score (nSPS) is 19.0. The highest BCUT2D eigenvalue weighted by molar-refractivity contribution is 6.03. The van der Waals surface area contributed by atoms with Crippen molar-refractivity contribution >= 4 is 17.3 Å². The second-order valence-corrected chi connectivity index (χ2v) is 4.81. The number of fused-ring (bicyclic) bond motifs is 1. The number of carbonyl (C=O) groups is 1. The summed E-state index contributed by atoms with van der Waals surface area (Å²) in [6, 6.07) is 5.92. The topological polar surface area (TPSA) is 41.1 Å². The van der Waals surface area contributed by atoms with Crippen molar-refractivity contribution in [2.45, 2.75) is 33.2 Å². The second kappa shape index (κ2) is 4.16. The van der Waals surface area contributed by atoms with Crippen molar-refractivity contribution in [2.24, 2.45) is 5.92 Å². The van der Waals surface area contributed by atoms with Gasteiger partial charge in [0.2, 0.25) is 5.91 Å². The molecule has 3 nitrogen and oxygen atoms in total. The van der Waals surface area contributed by atoms with E-state index in [4.69, 9.17) is 0 Å². The predicted octanol–water partition coefficient (Wildman–Crippen LogP) is 2.77. The fourth-order valence-electron chi connectivity index (χ4n) is 2.05. The van der Waals surface area contributed by atoms with Crippen molar-refractivity contribution in [2.75, 3.05) is 10.6 Å². The van der Waals surface area contributed by atoms with Gasteiger partial charge in [0.05, 0.1) is 11.4 Å². The maximum Gasteiger partial charge on any atom is 0.246 e. The highest BCUT2D eigenvalue weighted by Gasteiger charge is 2.26. The van der Waals surface area contributed by atoms with Gasteiger partial charge in [-0.15, -0.1) is 0 Å². The molecule has 3 heteroatoms. The molecule has 0 saturated carbocycles. The minimum atomic E-state index is -0.103. The molecule has 1 aliphatic rings. The quantitative estimate of drug-likeness (QED) is 0.801. The lowest BCUT2D eigenvalue weighted by molar-refractivity contribution is -0.117. The molecule has 1 atom stereocenters. The Morgan fingerprint density at radius 2 is 2.12 bits per heavy atom. The van der Waals surface area contributed by atoms with Crippen LogP contribution in [0.4, 0.5) is 11.4 Å². The Bertz CT molecular complexity index is 412. The van der Waals surface area contributed by atoms with E-state index in [-0.39, 0.29) is 11.9 Å². The van der Waals surface area contributed by atoms with Gasteiger partial charge in [-0.25, -0.2) is 0 Å². The summed E-state index contributed by atoms with van der Waals surface area (Å²) in [5.74, 6) is 0.588. The van der Waals surface area contributed by atoms with Crippen molar-refractivity contribution in [3.8, 4) is 0 Å². The van der Waals surface area contributed by atoms with Crippen molar-refractivity contribution in [1.29, 1.82) is 0 Å². The Morgan fingerprint density at radius 3 is 2.81 bits per heavy atom. The number of carbonyl (C=O) groups excluding carboxylic acids is 1. The number of aryl methyl sites for hydroxylation is 1. The number of para-hydroxylation sites is 1. The SMILES string of the molecule is Cc1cccc2c1NC(=O)C(CC(C)C)N2. The van der Waals surface area contributed by atoms with E-state index in [1.54, 1.807) is 0 Å². The molecule has 16 heavy (non-hydrogen) atoms. The number of hydrogen-bond donors (Lipinski definition) is 2. The first-order valence-electron chi connectivity index (χ1n) is 5.75. The molecule has 2 rings (SSSR count). The van der Waals surface area contributed by atoms with Gasteiger partial charge in [0.15, 0.2) is 0 Å². The molecule has 0 spiro atoms. The largest absolute Gasteiger partial charge is 0.372 e. The molecule has 2 N–H and O–H groups in total. The van der Waals surface area contributed by atoms with Gasteiger partial charge in [-0.1, -0.05) is 26.0 Å².